The number of benzene rings is 1. The van der Waals surface area contributed by atoms with Crippen molar-refractivity contribution in [2.45, 2.75) is 51.9 Å². The fourth-order valence-corrected chi connectivity index (χ4v) is 3.81. The quantitative estimate of drug-likeness (QED) is 0.859. The summed E-state index contributed by atoms with van der Waals surface area (Å²) in [7, 11) is -3.58. The molecule has 2 unspecified atom stereocenters. The number of nitrogens with one attached hydrogen (secondary N) is 1. The maximum absolute atomic E-state index is 12.3. The molecule has 0 aliphatic heterocycles. The van der Waals surface area contributed by atoms with Gasteiger partial charge in [0, 0.05) is 11.6 Å². The van der Waals surface area contributed by atoms with Crippen LogP contribution in [0, 0.1) is 24.7 Å². The van der Waals surface area contributed by atoms with E-state index in [1.807, 2.05) is 6.92 Å². The molecule has 1 aromatic carbocycles. The Morgan fingerprint density at radius 2 is 1.82 bits per heavy atom. The molecule has 1 aromatic rings. The van der Waals surface area contributed by atoms with E-state index in [1.54, 1.807) is 24.3 Å². The van der Waals surface area contributed by atoms with Gasteiger partial charge in [-0.15, -0.1) is 0 Å². The molecule has 22 heavy (non-hydrogen) atoms. The molecule has 1 aliphatic carbocycles. The molecule has 1 aliphatic rings. The van der Waals surface area contributed by atoms with E-state index in [-0.39, 0.29) is 4.90 Å². The van der Waals surface area contributed by atoms with E-state index < -0.39 is 10.0 Å². The van der Waals surface area contributed by atoms with Crippen LogP contribution in [0.4, 0.5) is 0 Å². The van der Waals surface area contributed by atoms with Crippen LogP contribution in [0.15, 0.2) is 34.3 Å². The fourth-order valence-electron chi connectivity index (χ4n) is 2.98. The molecule has 1 fully saturated rings. The van der Waals surface area contributed by atoms with Gasteiger partial charge in [-0.25, -0.2) is 4.83 Å². The third kappa shape index (κ3) is 4.09. The molecule has 4 nitrogen and oxygen atoms in total. The summed E-state index contributed by atoms with van der Waals surface area (Å²) in [5.74, 6) is 1.42. The fraction of sp³-hybridized carbons (Fsp3) is 0.588. The minimum absolute atomic E-state index is 0.257. The molecule has 0 bridgehead atoms. The van der Waals surface area contributed by atoms with Crippen molar-refractivity contribution in [3.63, 3.8) is 0 Å². The standard InChI is InChI=1S/C17H26N2O2S/c1-12(2)16-10-7-14(4)11-17(16)18-19-22(20,21)15-8-5-13(3)6-9-15/h5-6,8-9,12,14,16,19H,7,10-11H2,1-4H3/b18-17-. The second-order valence-corrected chi connectivity index (χ2v) is 8.41. The van der Waals surface area contributed by atoms with E-state index in [0.29, 0.717) is 17.8 Å². The van der Waals surface area contributed by atoms with Gasteiger partial charge in [0.25, 0.3) is 10.0 Å². The summed E-state index contributed by atoms with van der Waals surface area (Å²) in [5.41, 5.74) is 2.02. The lowest BCUT2D eigenvalue weighted by Gasteiger charge is -2.30. The van der Waals surface area contributed by atoms with Crippen LogP contribution in [0.3, 0.4) is 0 Å². The molecule has 122 valence electrons. The SMILES string of the molecule is Cc1ccc(S(=O)(=O)N/N=C2/CC(C)CCC2C(C)C)cc1. The summed E-state index contributed by atoms with van der Waals surface area (Å²) in [5, 5.41) is 4.29. The predicted octanol–water partition coefficient (Wildman–Crippen LogP) is 3.72. The Morgan fingerprint density at radius 3 is 2.41 bits per heavy atom. The summed E-state index contributed by atoms with van der Waals surface area (Å²) >= 11 is 0. The molecule has 0 spiro atoms. The Bertz CT molecular complexity index is 633. The lowest BCUT2D eigenvalue weighted by Crippen LogP contribution is -2.31. The first-order valence-electron chi connectivity index (χ1n) is 7.94. The number of hydrazone groups is 1. The zero-order valence-electron chi connectivity index (χ0n) is 13.8. The second-order valence-electron chi connectivity index (χ2n) is 6.75. The Morgan fingerprint density at radius 1 is 1.18 bits per heavy atom. The number of sulfonamides is 1. The molecule has 2 rings (SSSR count). The van der Waals surface area contributed by atoms with Gasteiger partial charge in [0.1, 0.15) is 0 Å². The minimum Gasteiger partial charge on any atom is -0.200 e. The summed E-state index contributed by atoms with van der Waals surface area (Å²) in [6.07, 6.45) is 3.15. The third-order valence-corrected chi connectivity index (χ3v) is 5.63. The van der Waals surface area contributed by atoms with Crippen molar-refractivity contribution in [3.05, 3.63) is 29.8 Å². The average molecular weight is 322 g/mol. The van der Waals surface area contributed by atoms with Gasteiger partial charge in [-0.3, -0.25) is 0 Å². The number of aryl methyl sites for hydroxylation is 1. The van der Waals surface area contributed by atoms with Gasteiger partial charge in [0.2, 0.25) is 0 Å². The van der Waals surface area contributed by atoms with Crippen LogP contribution in [0.25, 0.3) is 0 Å². The van der Waals surface area contributed by atoms with Crippen molar-refractivity contribution in [1.29, 1.82) is 0 Å². The highest BCUT2D eigenvalue weighted by Gasteiger charge is 2.27. The molecular weight excluding hydrogens is 296 g/mol. The molecule has 0 aromatic heterocycles. The molecule has 0 heterocycles. The smallest absolute Gasteiger partial charge is 0.200 e. The first kappa shape index (κ1) is 17.0. The van der Waals surface area contributed by atoms with Crippen molar-refractivity contribution in [2.75, 3.05) is 0 Å². The zero-order valence-corrected chi connectivity index (χ0v) is 14.7. The van der Waals surface area contributed by atoms with Crippen molar-refractivity contribution in [3.8, 4) is 0 Å². The Labute approximate surface area is 134 Å². The van der Waals surface area contributed by atoms with E-state index >= 15 is 0 Å². The van der Waals surface area contributed by atoms with Crippen LogP contribution in [0.2, 0.25) is 0 Å². The first-order valence-corrected chi connectivity index (χ1v) is 9.43. The maximum atomic E-state index is 12.3. The van der Waals surface area contributed by atoms with Crippen LogP contribution >= 0.6 is 0 Å². The monoisotopic (exact) mass is 322 g/mol. The summed E-state index contributed by atoms with van der Waals surface area (Å²) in [4.78, 5) is 2.69. The molecule has 1 N–H and O–H groups in total. The summed E-state index contributed by atoms with van der Waals surface area (Å²) < 4.78 is 24.7. The van der Waals surface area contributed by atoms with Gasteiger partial charge in [-0.1, -0.05) is 38.5 Å². The van der Waals surface area contributed by atoms with Gasteiger partial charge < -0.3 is 0 Å². The average Bonchev–Trinajstić information content (AvgIpc) is 2.45. The highest BCUT2D eigenvalue weighted by atomic mass is 32.2. The second kappa shape index (κ2) is 6.82. The lowest BCUT2D eigenvalue weighted by molar-refractivity contribution is 0.363. The normalized spacial score (nSPS) is 24.7. The highest BCUT2D eigenvalue weighted by molar-refractivity contribution is 7.89. The molecule has 5 heteroatoms. The topological polar surface area (TPSA) is 58.5 Å². The van der Waals surface area contributed by atoms with Gasteiger partial charge in [0.15, 0.2) is 0 Å². The van der Waals surface area contributed by atoms with Gasteiger partial charge in [-0.05, 0) is 50.2 Å². The lowest BCUT2D eigenvalue weighted by atomic mass is 9.76. The molecular formula is C17H26N2O2S. The van der Waals surface area contributed by atoms with E-state index in [1.165, 1.54) is 6.42 Å². The summed E-state index contributed by atoms with van der Waals surface area (Å²) in [6.45, 7) is 8.47. The van der Waals surface area contributed by atoms with Crippen molar-refractivity contribution in [2.24, 2.45) is 22.9 Å². The van der Waals surface area contributed by atoms with Crippen LogP contribution in [0.1, 0.15) is 45.6 Å². The Kier molecular flexibility index (Phi) is 5.27. The largest absolute Gasteiger partial charge is 0.276 e. The number of nitrogens with zero attached hydrogens (tertiary/aromatic N) is 1. The molecule has 0 radical (unpaired) electrons. The number of hydrogen-bond acceptors (Lipinski definition) is 3. The molecule has 2 atom stereocenters. The molecule has 0 saturated heterocycles. The zero-order chi connectivity index (χ0) is 16.3. The van der Waals surface area contributed by atoms with Gasteiger partial charge in [-0.2, -0.15) is 13.5 Å². The van der Waals surface area contributed by atoms with E-state index in [9.17, 15) is 8.42 Å². The third-order valence-electron chi connectivity index (χ3n) is 4.40. The Balaban J connectivity index is 2.19. The highest BCUT2D eigenvalue weighted by Crippen LogP contribution is 2.31. The Hall–Kier alpha value is -1.36. The van der Waals surface area contributed by atoms with E-state index in [4.69, 9.17) is 0 Å². The van der Waals surface area contributed by atoms with Crippen molar-refractivity contribution < 1.29 is 8.42 Å². The summed E-state index contributed by atoms with van der Waals surface area (Å²) in [6, 6.07) is 6.81. The molecule has 1 saturated carbocycles. The van der Waals surface area contributed by atoms with Crippen LogP contribution in [-0.2, 0) is 10.0 Å². The molecule has 0 amide bonds. The minimum atomic E-state index is -3.58. The van der Waals surface area contributed by atoms with Crippen LogP contribution in [0.5, 0.6) is 0 Å². The van der Waals surface area contributed by atoms with Crippen LogP contribution in [-0.4, -0.2) is 14.1 Å². The van der Waals surface area contributed by atoms with Crippen LogP contribution < -0.4 is 4.83 Å². The predicted molar refractivity (Wildman–Crippen MR) is 90.3 cm³/mol. The number of rotatable bonds is 4. The number of hydrogen-bond donors (Lipinski definition) is 1. The van der Waals surface area contributed by atoms with E-state index in [0.717, 1.165) is 24.1 Å². The maximum Gasteiger partial charge on any atom is 0.276 e. The van der Waals surface area contributed by atoms with Crippen molar-refractivity contribution >= 4 is 15.7 Å². The van der Waals surface area contributed by atoms with Gasteiger partial charge >= 0.3 is 0 Å². The van der Waals surface area contributed by atoms with E-state index in [2.05, 4.69) is 30.7 Å². The van der Waals surface area contributed by atoms with Gasteiger partial charge in [0.05, 0.1) is 4.90 Å². The first-order chi connectivity index (χ1) is 10.3. The van der Waals surface area contributed by atoms with Crippen molar-refractivity contribution in [1.82, 2.24) is 4.83 Å².